The summed E-state index contributed by atoms with van der Waals surface area (Å²) in [5.41, 5.74) is 1.30. The van der Waals surface area contributed by atoms with E-state index < -0.39 is 0 Å². The highest BCUT2D eigenvalue weighted by atomic mass is 14.8. The predicted octanol–water partition coefficient (Wildman–Crippen LogP) is 3.95. The van der Waals surface area contributed by atoms with Crippen molar-refractivity contribution in [2.75, 3.05) is 0 Å². The maximum absolute atomic E-state index is 4.00. The molecule has 0 aliphatic carbocycles. The number of allylic oxidation sites excluding steroid dienone is 7. The fraction of sp³-hybridized carbons (Fsp3) is 0.200. The van der Waals surface area contributed by atoms with Crippen LogP contribution in [-0.2, 0) is 0 Å². The molecule has 0 spiro atoms. The van der Waals surface area contributed by atoms with E-state index in [2.05, 4.69) is 43.8 Å². The Morgan fingerprint density at radius 3 is 2.44 bits per heavy atom. The van der Waals surface area contributed by atoms with E-state index >= 15 is 0 Å². The van der Waals surface area contributed by atoms with Gasteiger partial charge in [0, 0.05) is 6.20 Å². The van der Waals surface area contributed by atoms with Crippen LogP contribution >= 0.6 is 0 Å². The molecule has 0 amide bonds. The Labute approximate surface area is 100.0 Å². The van der Waals surface area contributed by atoms with Crippen molar-refractivity contribution in [3.63, 3.8) is 0 Å². The summed E-state index contributed by atoms with van der Waals surface area (Å²) in [6.45, 7) is 7.70. The minimum atomic E-state index is 1.03. The topological polar surface area (TPSA) is 12.0 Å². The summed E-state index contributed by atoms with van der Waals surface area (Å²) in [7, 11) is 0. The molecule has 0 rings (SSSR count). The highest BCUT2D eigenvalue weighted by Gasteiger charge is 1.82. The molecule has 0 bridgehead atoms. The van der Waals surface area contributed by atoms with E-state index in [9.17, 15) is 0 Å². The van der Waals surface area contributed by atoms with E-state index in [1.165, 1.54) is 5.57 Å². The summed E-state index contributed by atoms with van der Waals surface area (Å²) in [5.74, 6) is 0. The van der Waals surface area contributed by atoms with Gasteiger partial charge in [-0.1, -0.05) is 43.9 Å². The van der Waals surface area contributed by atoms with Crippen molar-refractivity contribution in [3.8, 4) is 12.8 Å². The first-order valence-electron chi connectivity index (χ1n) is 5.20. The van der Waals surface area contributed by atoms with Crippen molar-refractivity contribution < 1.29 is 0 Å². The molecule has 0 aromatic heterocycles. The lowest BCUT2D eigenvalue weighted by Crippen LogP contribution is -1.88. The largest absolute Gasteiger partial charge is 0.368 e. The van der Waals surface area contributed by atoms with Gasteiger partial charge in [-0.2, -0.15) is 0 Å². The van der Waals surface area contributed by atoms with Crippen molar-refractivity contribution in [2.24, 2.45) is 0 Å². The summed E-state index contributed by atoms with van der Waals surface area (Å²) < 4.78 is 0. The molecule has 0 aliphatic rings. The van der Waals surface area contributed by atoms with E-state index in [0.29, 0.717) is 0 Å². The number of terminal acetylenes is 1. The minimum Gasteiger partial charge on any atom is -0.368 e. The lowest BCUT2D eigenvalue weighted by molar-refractivity contribution is 1.14. The Bertz CT molecular complexity index is 288. The first-order chi connectivity index (χ1) is 7.85. The molecular formula is C15H21N. The Morgan fingerprint density at radius 1 is 1.25 bits per heavy atom. The van der Waals surface area contributed by atoms with Gasteiger partial charge < -0.3 is 5.32 Å². The fourth-order valence-electron chi connectivity index (χ4n) is 0.877. The Hall–Kier alpha value is -1.94. The molecule has 0 radical (unpaired) electrons. The third kappa shape index (κ3) is 12.1. The third-order valence-corrected chi connectivity index (χ3v) is 1.64. The van der Waals surface area contributed by atoms with Gasteiger partial charge in [-0.25, -0.2) is 0 Å². The fourth-order valence-corrected chi connectivity index (χ4v) is 0.877. The molecule has 0 aromatic carbocycles. The second kappa shape index (κ2) is 15.5. The van der Waals surface area contributed by atoms with Gasteiger partial charge in [0.05, 0.1) is 0 Å². The second-order valence-corrected chi connectivity index (χ2v) is 2.71. The standard InChI is InChI=1S/C13H19N.C2H2/c1-4-7-8-10-13(5-2)11-9-12-14-6-3;1-2/h4,6-12,14H,3,5H2,1-2H3;1-2H/b7-4-,10-8-,12-9+,13-11-;. The monoisotopic (exact) mass is 215 g/mol. The Balaban J connectivity index is 0. The number of hydrogen-bond donors (Lipinski definition) is 1. The maximum atomic E-state index is 4.00. The van der Waals surface area contributed by atoms with Gasteiger partial charge in [0.1, 0.15) is 0 Å². The van der Waals surface area contributed by atoms with Gasteiger partial charge >= 0.3 is 0 Å². The van der Waals surface area contributed by atoms with Crippen LogP contribution < -0.4 is 5.32 Å². The minimum absolute atomic E-state index is 1.03. The van der Waals surface area contributed by atoms with Gasteiger partial charge in [0.2, 0.25) is 0 Å². The SMILES string of the molecule is C#C.C=CN/C=C/C=C(\C=C/C=C\C)CC. The summed E-state index contributed by atoms with van der Waals surface area (Å²) >= 11 is 0. The number of nitrogens with one attached hydrogen (secondary N) is 1. The van der Waals surface area contributed by atoms with Crippen molar-refractivity contribution in [1.82, 2.24) is 5.32 Å². The summed E-state index contributed by atoms with van der Waals surface area (Å²) in [6, 6.07) is 0. The molecule has 0 fully saturated rings. The molecular weight excluding hydrogens is 194 g/mol. The van der Waals surface area contributed by atoms with Crippen molar-refractivity contribution in [2.45, 2.75) is 20.3 Å². The maximum Gasteiger partial charge on any atom is 0.000428 e. The molecule has 0 aliphatic heterocycles. The molecule has 0 saturated heterocycles. The molecule has 16 heavy (non-hydrogen) atoms. The molecule has 1 nitrogen and oxygen atoms in total. The van der Waals surface area contributed by atoms with Gasteiger partial charge in [-0.05, 0) is 31.2 Å². The molecule has 1 N–H and O–H groups in total. The van der Waals surface area contributed by atoms with Crippen LogP contribution in [0.5, 0.6) is 0 Å². The highest BCUT2D eigenvalue weighted by molar-refractivity contribution is 5.25. The van der Waals surface area contributed by atoms with Crippen LogP contribution in [0.2, 0.25) is 0 Å². The van der Waals surface area contributed by atoms with Crippen LogP contribution in [0.25, 0.3) is 0 Å². The third-order valence-electron chi connectivity index (χ3n) is 1.64. The second-order valence-electron chi connectivity index (χ2n) is 2.71. The Kier molecular flexibility index (Phi) is 16.0. The van der Waals surface area contributed by atoms with Crippen LogP contribution in [0.3, 0.4) is 0 Å². The first-order valence-corrected chi connectivity index (χ1v) is 5.20. The quantitative estimate of drug-likeness (QED) is 0.522. The van der Waals surface area contributed by atoms with Gasteiger partial charge in [-0.15, -0.1) is 12.8 Å². The van der Waals surface area contributed by atoms with Crippen molar-refractivity contribution in [3.05, 3.63) is 61.0 Å². The molecule has 0 heterocycles. The number of hydrogen-bond acceptors (Lipinski definition) is 1. The number of rotatable bonds is 6. The van der Waals surface area contributed by atoms with Gasteiger partial charge in [-0.3, -0.25) is 0 Å². The summed E-state index contributed by atoms with van der Waals surface area (Å²) in [4.78, 5) is 0. The highest BCUT2D eigenvalue weighted by Crippen LogP contribution is 2.02. The van der Waals surface area contributed by atoms with E-state index in [4.69, 9.17) is 0 Å². The van der Waals surface area contributed by atoms with E-state index in [-0.39, 0.29) is 0 Å². The van der Waals surface area contributed by atoms with Crippen LogP contribution in [-0.4, -0.2) is 0 Å². The Morgan fingerprint density at radius 2 is 1.94 bits per heavy atom. The average Bonchev–Trinajstić information content (AvgIpc) is 2.35. The molecule has 0 atom stereocenters. The van der Waals surface area contributed by atoms with Gasteiger partial charge in [0.25, 0.3) is 0 Å². The smallest absolute Gasteiger partial charge is 0.000428 e. The first kappa shape index (κ1) is 16.5. The van der Waals surface area contributed by atoms with E-state index in [0.717, 1.165) is 6.42 Å². The zero-order valence-electron chi connectivity index (χ0n) is 10.2. The molecule has 86 valence electrons. The van der Waals surface area contributed by atoms with Crippen LogP contribution in [0.15, 0.2) is 61.0 Å². The van der Waals surface area contributed by atoms with Crippen molar-refractivity contribution in [1.29, 1.82) is 0 Å². The van der Waals surface area contributed by atoms with Crippen LogP contribution in [0.1, 0.15) is 20.3 Å². The molecule has 0 unspecified atom stereocenters. The van der Waals surface area contributed by atoms with Crippen LogP contribution in [0, 0.1) is 12.8 Å². The lowest BCUT2D eigenvalue weighted by Gasteiger charge is -1.93. The van der Waals surface area contributed by atoms with Crippen LogP contribution in [0.4, 0.5) is 0 Å². The predicted molar refractivity (Wildman–Crippen MR) is 74.7 cm³/mol. The van der Waals surface area contributed by atoms with Crippen molar-refractivity contribution >= 4 is 0 Å². The normalized spacial score (nSPS) is 11.6. The molecule has 0 aromatic rings. The summed E-state index contributed by atoms with van der Waals surface area (Å²) in [6.07, 6.45) is 24.8. The molecule has 1 heteroatoms. The lowest BCUT2D eigenvalue weighted by atomic mass is 10.2. The zero-order chi connectivity index (χ0) is 12.6. The zero-order valence-corrected chi connectivity index (χ0v) is 10.2. The average molecular weight is 215 g/mol. The summed E-state index contributed by atoms with van der Waals surface area (Å²) in [5, 5.41) is 2.90. The van der Waals surface area contributed by atoms with E-state index in [1.807, 2.05) is 37.4 Å². The van der Waals surface area contributed by atoms with Gasteiger partial charge in [0.15, 0.2) is 0 Å². The van der Waals surface area contributed by atoms with E-state index in [1.54, 1.807) is 6.20 Å². The molecule has 0 saturated carbocycles.